The molecule has 2 heterocycles. The number of nitrogens with zero attached hydrogens (tertiary/aromatic N) is 3. The fourth-order valence-electron chi connectivity index (χ4n) is 4.30. The fraction of sp³-hybridized carbons (Fsp3) is 0. The van der Waals surface area contributed by atoms with Gasteiger partial charge >= 0.3 is 0 Å². The van der Waals surface area contributed by atoms with E-state index in [1.54, 1.807) is 0 Å². The summed E-state index contributed by atoms with van der Waals surface area (Å²) in [7, 11) is 0. The van der Waals surface area contributed by atoms with E-state index in [1.165, 1.54) is 16.2 Å². The predicted octanol–water partition coefficient (Wildman–Crippen LogP) is 7.95. The minimum absolute atomic E-state index is 0. The summed E-state index contributed by atoms with van der Waals surface area (Å²) in [4.78, 5) is 13.6. The Kier molecular flexibility index (Phi) is 7.41. The number of hydrogen-bond acceptors (Lipinski definition) is 3. The average Bonchev–Trinajstić information content (AvgIpc) is 2.98. The van der Waals surface area contributed by atoms with Gasteiger partial charge in [0.1, 0.15) is 0 Å². The molecule has 2 aromatic heterocycles. The molecule has 0 aliphatic heterocycles. The Hall–Kier alpha value is -4.24. The van der Waals surface area contributed by atoms with E-state index in [1.807, 2.05) is 91.3 Å². The van der Waals surface area contributed by atoms with Gasteiger partial charge in [0.25, 0.3) is 0 Å². The molecule has 0 saturated heterocycles. The van der Waals surface area contributed by atoms with Gasteiger partial charge in [0.15, 0.2) is 0 Å². The molecule has 0 fully saturated rings. The average molecular weight is 652 g/mol. The maximum atomic E-state index is 4.73. The van der Waals surface area contributed by atoms with Crippen molar-refractivity contribution in [3.05, 3.63) is 140 Å². The van der Waals surface area contributed by atoms with Gasteiger partial charge in [-0.2, -0.15) is 0 Å². The zero-order valence-corrected chi connectivity index (χ0v) is 22.2. The van der Waals surface area contributed by atoms with Gasteiger partial charge in [0.05, 0.1) is 11.3 Å². The first kappa shape index (κ1) is 24.5. The zero-order valence-electron chi connectivity index (χ0n) is 19.8. The molecule has 179 valence electrons. The van der Waals surface area contributed by atoms with Crippen molar-refractivity contribution in [2.45, 2.75) is 0 Å². The van der Waals surface area contributed by atoms with Crippen LogP contribution in [0.25, 0.3) is 55.1 Å². The third kappa shape index (κ3) is 5.17. The van der Waals surface area contributed by atoms with Gasteiger partial charge in [-0.15, -0.1) is 71.8 Å². The van der Waals surface area contributed by atoms with Crippen molar-refractivity contribution in [2.24, 2.45) is 0 Å². The Bertz CT molecular complexity index is 1780. The number of hydrogen-bond donors (Lipinski definition) is 0. The fourth-order valence-corrected chi connectivity index (χ4v) is 4.30. The molecule has 0 atom stereocenters. The molecule has 37 heavy (non-hydrogen) atoms. The predicted molar refractivity (Wildman–Crippen MR) is 147 cm³/mol. The van der Waals surface area contributed by atoms with Gasteiger partial charge in [-0.05, 0) is 27.9 Å². The second-order valence-electron chi connectivity index (χ2n) is 8.35. The van der Waals surface area contributed by atoms with Gasteiger partial charge < -0.3 is 4.98 Å². The van der Waals surface area contributed by atoms with Crippen molar-refractivity contribution in [3.8, 4) is 22.6 Å². The number of pyridine rings is 1. The third-order valence-corrected chi connectivity index (χ3v) is 6.06. The van der Waals surface area contributed by atoms with E-state index in [9.17, 15) is 0 Å². The Labute approximate surface area is 229 Å². The molecule has 7 aromatic rings. The van der Waals surface area contributed by atoms with Crippen LogP contribution in [0.2, 0.25) is 0 Å². The molecule has 0 aliphatic carbocycles. The van der Waals surface area contributed by atoms with Crippen molar-refractivity contribution in [3.63, 3.8) is 0 Å². The summed E-state index contributed by atoms with van der Waals surface area (Å²) in [6.45, 7) is 0. The van der Waals surface area contributed by atoms with Crippen molar-refractivity contribution in [1.82, 2.24) is 15.0 Å². The van der Waals surface area contributed by atoms with Crippen LogP contribution in [0.15, 0.2) is 128 Å². The van der Waals surface area contributed by atoms with Crippen molar-refractivity contribution in [1.29, 1.82) is 0 Å². The first-order chi connectivity index (χ1) is 17.9. The standard InChI is InChI=1S/C18H11N2.C15H10N.Ir/c1-2-7-14(8-3-1)18-19-12-15-11-10-13-6-4-5-9-16(13)17(15)20-18;1-2-7-13(8-3-1)15-14-9-5-4-6-12(14)10-11-16-15;/h1-7,9-12H;1-7,9-11H;/q2*-1;. The molecule has 4 heteroatoms. The maximum absolute atomic E-state index is 4.73. The SMILES string of the molecule is [Ir].[c-]1ccccc1-c1ncc2ccc3ccccc3c2n1.[c-]1ccccc1-c1nccc2ccccc12. The molecule has 5 aromatic carbocycles. The molecule has 0 bridgehead atoms. The monoisotopic (exact) mass is 652 g/mol. The minimum atomic E-state index is 0. The van der Waals surface area contributed by atoms with Crippen LogP contribution in [-0.4, -0.2) is 15.0 Å². The molecule has 0 aliphatic rings. The largest absolute Gasteiger partial charge is 0.304 e. The summed E-state index contributed by atoms with van der Waals surface area (Å²) >= 11 is 0. The van der Waals surface area contributed by atoms with E-state index >= 15 is 0 Å². The van der Waals surface area contributed by atoms with Crippen molar-refractivity contribution >= 4 is 32.4 Å². The van der Waals surface area contributed by atoms with Gasteiger partial charge in [0, 0.05) is 43.3 Å². The summed E-state index contributed by atoms with van der Waals surface area (Å²) in [5.41, 5.74) is 3.95. The number of benzene rings is 5. The van der Waals surface area contributed by atoms with Gasteiger partial charge in [-0.1, -0.05) is 60.7 Å². The van der Waals surface area contributed by atoms with Crippen LogP contribution in [0.5, 0.6) is 0 Å². The van der Waals surface area contributed by atoms with E-state index in [4.69, 9.17) is 4.98 Å². The van der Waals surface area contributed by atoms with Crippen LogP contribution in [0.4, 0.5) is 0 Å². The quantitative estimate of drug-likeness (QED) is 0.141. The van der Waals surface area contributed by atoms with E-state index in [-0.39, 0.29) is 20.1 Å². The van der Waals surface area contributed by atoms with E-state index < -0.39 is 0 Å². The topological polar surface area (TPSA) is 38.7 Å². The Morgan fingerprint density at radius 2 is 1.14 bits per heavy atom. The molecule has 0 amide bonds. The first-order valence-electron chi connectivity index (χ1n) is 11.8. The smallest absolute Gasteiger partial charge is 0.0756 e. The van der Waals surface area contributed by atoms with Crippen molar-refractivity contribution in [2.75, 3.05) is 0 Å². The van der Waals surface area contributed by atoms with Crippen molar-refractivity contribution < 1.29 is 20.1 Å². The van der Waals surface area contributed by atoms with E-state index in [2.05, 4.69) is 58.5 Å². The van der Waals surface area contributed by atoms with Crippen LogP contribution in [-0.2, 0) is 20.1 Å². The van der Waals surface area contributed by atoms with Gasteiger partial charge in [-0.25, -0.2) is 0 Å². The Morgan fingerprint density at radius 3 is 1.86 bits per heavy atom. The molecule has 7 rings (SSSR count). The van der Waals surface area contributed by atoms with Crippen LogP contribution in [0, 0.1) is 12.1 Å². The van der Waals surface area contributed by atoms with Gasteiger partial charge in [-0.3, -0.25) is 9.97 Å². The summed E-state index contributed by atoms with van der Waals surface area (Å²) in [5.74, 6) is 0.717. The molecule has 1 radical (unpaired) electrons. The minimum Gasteiger partial charge on any atom is -0.304 e. The molecule has 0 unspecified atom stereocenters. The number of fused-ring (bicyclic) bond motifs is 4. The van der Waals surface area contributed by atoms with Crippen LogP contribution < -0.4 is 0 Å². The van der Waals surface area contributed by atoms with Crippen LogP contribution >= 0.6 is 0 Å². The third-order valence-electron chi connectivity index (χ3n) is 6.06. The Morgan fingerprint density at radius 1 is 0.514 bits per heavy atom. The number of rotatable bonds is 2. The summed E-state index contributed by atoms with van der Waals surface area (Å²) in [6, 6.07) is 44.9. The molecule has 3 nitrogen and oxygen atoms in total. The second kappa shape index (κ2) is 11.2. The normalized spacial score (nSPS) is 10.5. The summed E-state index contributed by atoms with van der Waals surface area (Å²) < 4.78 is 0. The van der Waals surface area contributed by atoms with E-state index in [0.717, 1.165) is 38.9 Å². The van der Waals surface area contributed by atoms with Crippen LogP contribution in [0.1, 0.15) is 0 Å². The number of aromatic nitrogens is 3. The molecular weight excluding hydrogens is 631 g/mol. The summed E-state index contributed by atoms with van der Waals surface area (Å²) in [6.07, 6.45) is 3.73. The van der Waals surface area contributed by atoms with Crippen LogP contribution in [0.3, 0.4) is 0 Å². The first-order valence-corrected chi connectivity index (χ1v) is 11.8. The Balaban J connectivity index is 0.000000151. The summed E-state index contributed by atoms with van der Waals surface area (Å²) in [5, 5.41) is 5.80. The van der Waals surface area contributed by atoms with Gasteiger partial charge in [0.2, 0.25) is 0 Å². The van der Waals surface area contributed by atoms with E-state index in [0.29, 0.717) is 0 Å². The molecule has 0 saturated carbocycles. The molecule has 0 N–H and O–H groups in total. The molecular formula is C33H21IrN3-2. The molecule has 0 spiro atoms. The maximum Gasteiger partial charge on any atom is 0.0756 e. The second-order valence-corrected chi connectivity index (χ2v) is 8.35. The zero-order chi connectivity index (χ0) is 24.2.